The van der Waals surface area contributed by atoms with E-state index in [4.69, 9.17) is 21.1 Å². The van der Waals surface area contributed by atoms with Crippen LogP contribution in [0, 0.1) is 0 Å². The monoisotopic (exact) mass is 382 g/mol. The largest absolute Gasteiger partial charge is 0.490 e. The highest BCUT2D eigenvalue weighted by Crippen LogP contribution is 2.29. The SMILES string of the molecule is CCOc1cc(CNCc2cccnc2)ccc1OCc1ccc(Cl)cc1. The number of pyridine rings is 1. The molecule has 0 aliphatic heterocycles. The molecule has 0 fully saturated rings. The van der Waals surface area contributed by atoms with Crippen LogP contribution in [0.1, 0.15) is 23.6 Å². The van der Waals surface area contributed by atoms with Crippen LogP contribution in [0.15, 0.2) is 67.0 Å². The van der Waals surface area contributed by atoms with E-state index in [1.54, 1.807) is 6.20 Å². The third-order valence-electron chi connectivity index (χ3n) is 4.00. The summed E-state index contributed by atoms with van der Waals surface area (Å²) in [4.78, 5) is 4.13. The molecule has 0 amide bonds. The Labute approximate surface area is 165 Å². The number of aromatic nitrogens is 1. The van der Waals surface area contributed by atoms with E-state index in [1.807, 2.05) is 55.6 Å². The molecule has 3 rings (SSSR count). The minimum atomic E-state index is 0.468. The van der Waals surface area contributed by atoms with Gasteiger partial charge in [0, 0.05) is 30.5 Å². The van der Waals surface area contributed by atoms with Crippen LogP contribution in [0.4, 0.5) is 0 Å². The van der Waals surface area contributed by atoms with Gasteiger partial charge in [-0.2, -0.15) is 0 Å². The number of hydrogen-bond acceptors (Lipinski definition) is 4. The van der Waals surface area contributed by atoms with Crippen LogP contribution >= 0.6 is 11.6 Å². The minimum Gasteiger partial charge on any atom is -0.490 e. The molecule has 1 N–H and O–H groups in total. The molecule has 1 aromatic heterocycles. The lowest BCUT2D eigenvalue weighted by Crippen LogP contribution is -2.13. The van der Waals surface area contributed by atoms with E-state index < -0.39 is 0 Å². The van der Waals surface area contributed by atoms with E-state index in [0.29, 0.717) is 13.2 Å². The molecule has 0 unspecified atom stereocenters. The van der Waals surface area contributed by atoms with Gasteiger partial charge in [0.25, 0.3) is 0 Å². The number of nitrogens with one attached hydrogen (secondary N) is 1. The first-order valence-electron chi connectivity index (χ1n) is 8.97. The Hall–Kier alpha value is -2.56. The molecule has 27 heavy (non-hydrogen) atoms. The van der Waals surface area contributed by atoms with Crippen LogP contribution in [-0.4, -0.2) is 11.6 Å². The van der Waals surface area contributed by atoms with Crippen molar-refractivity contribution in [2.75, 3.05) is 6.61 Å². The first-order valence-corrected chi connectivity index (χ1v) is 9.35. The Bertz CT molecular complexity index is 839. The van der Waals surface area contributed by atoms with E-state index in [1.165, 1.54) is 0 Å². The van der Waals surface area contributed by atoms with Gasteiger partial charge in [-0.25, -0.2) is 0 Å². The quantitative estimate of drug-likeness (QED) is 0.565. The molecule has 5 heteroatoms. The predicted octanol–water partition coefficient (Wildman–Crippen LogP) is 5.00. The normalized spacial score (nSPS) is 10.6. The molecule has 0 saturated heterocycles. The molecule has 0 aliphatic rings. The van der Waals surface area contributed by atoms with Gasteiger partial charge in [0.2, 0.25) is 0 Å². The summed E-state index contributed by atoms with van der Waals surface area (Å²) in [6.07, 6.45) is 3.65. The summed E-state index contributed by atoms with van der Waals surface area (Å²) in [6, 6.07) is 17.7. The number of ether oxygens (including phenoxy) is 2. The average Bonchev–Trinajstić information content (AvgIpc) is 2.70. The number of rotatable bonds is 9. The van der Waals surface area contributed by atoms with Crippen molar-refractivity contribution in [1.82, 2.24) is 10.3 Å². The summed E-state index contributed by atoms with van der Waals surface area (Å²) in [6.45, 7) is 4.54. The third-order valence-corrected chi connectivity index (χ3v) is 4.25. The Kier molecular flexibility index (Phi) is 7.08. The van der Waals surface area contributed by atoms with Gasteiger partial charge >= 0.3 is 0 Å². The summed E-state index contributed by atoms with van der Waals surface area (Å²) in [5, 5.41) is 4.14. The van der Waals surface area contributed by atoms with Gasteiger partial charge in [-0.05, 0) is 53.9 Å². The Balaban J connectivity index is 1.60. The zero-order valence-corrected chi connectivity index (χ0v) is 16.1. The molecule has 0 saturated carbocycles. The second-order valence-electron chi connectivity index (χ2n) is 6.09. The van der Waals surface area contributed by atoms with Crippen LogP contribution < -0.4 is 14.8 Å². The lowest BCUT2D eigenvalue weighted by Gasteiger charge is -2.14. The first kappa shape index (κ1) is 19.2. The van der Waals surface area contributed by atoms with Crippen LogP contribution in [0.3, 0.4) is 0 Å². The Morgan fingerprint density at radius 2 is 1.67 bits per heavy atom. The maximum atomic E-state index is 5.95. The van der Waals surface area contributed by atoms with Crippen molar-refractivity contribution in [2.24, 2.45) is 0 Å². The molecule has 140 valence electrons. The van der Waals surface area contributed by atoms with Crippen molar-refractivity contribution in [3.8, 4) is 11.5 Å². The number of hydrogen-bond donors (Lipinski definition) is 1. The standard InChI is InChI=1S/C22H23ClN2O2/c1-2-26-22-12-18(13-25-15-19-4-3-11-24-14-19)7-10-21(22)27-16-17-5-8-20(23)9-6-17/h3-12,14,25H,2,13,15-16H2,1H3. The van der Waals surface area contributed by atoms with E-state index in [9.17, 15) is 0 Å². The second kappa shape index (κ2) is 9.95. The van der Waals surface area contributed by atoms with Gasteiger partial charge < -0.3 is 14.8 Å². The molecular formula is C22H23ClN2O2. The lowest BCUT2D eigenvalue weighted by molar-refractivity contribution is 0.269. The minimum absolute atomic E-state index is 0.468. The third kappa shape index (κ3) is 5.98. The molecule has 1 heterocycles. The summed E-state index contributed by atoms with van der Waals surface area (Å²) in [5.74, 6) is 1.50. The zero-order chi connectivity index (χ0) is 18.9. The molecule has 4 nitrogen and oxygen atoms in total. The fraction of sp³-hybridized carbons (Fsp3) is 0.227. The van der Waals surface area contributed by atoms with Crippen LogP contribution in [0.2, 0.25) is 5.02 Å². The number of benzene rings is 2. The van der Waals surface area contributed by atoms with E-state index >= 15 is 0 Å². The average molecular weight is 383 g/mol. The van der Waals surface area contributed by atoms with Crippen LogP contribution in [0.25, 0.3) is 0 Å². The topological polar surface area (TPSA) is 43.4 Å². The van der Waals surface area contributed by atoms with Crippen molar-refractivity contribution in [3.63, 3.8) is 0 Å². The second-order valence-corrected chi connectivity index (χ2v) is 6.53. The van der Waals surface area contributed by atoms with Crippen molar-refractivity contribution >= 4 is 11.6 Å². The van der Waals surface area contributed by atoms with Crippen molar-refractivity contribution < 1.29 is 9.47 Å². The summed E-state index contributed by atoms with van der Waals surface area (Å²) in [7, 11) is 0. The summed E-state index contributed by atoms with van der Waals surface area (Å²) < 4.78 is 11.7. The fourth-order valence-corrected chi connectivity index (χ4v) is 2.77. The van der Waals surface area contributed by atoms with Gasteiger partial charge in [-0.15, -0.1) is 0 Å². The highest BCUT2D eigenvalue weighted by Gasteiger charge is 2.07. The molecule has 0 radical (unpaired) electrons. The Morgan fingerprint density at radius 3 is 2.41 bits per heavy atom. The van der Waals surface area contributed by atoms with E-state index in [2.05, 4.69) is 22.4 Å². The maximum Gasteiger partial charge on any atom is 0.161 e. The number of nitrogens with zero attached hydrogens (tertiary/aromatic N) is 1. The molecule has 0 spiro atoms. The summed E-state index contributed by atoms with van der Waals surface area (Å²) >= 11 is 5.92. The molecule has 0 atom stereocenters. The van der Waals surface area contributed by atoms with Gasteiger partial charge in [0.05, 0.1) is 6.61 Å². The molecule has 0 bridgehead atoms. The van der Waals surface area contributed by atoms with Gasteiger partial charge in [0.1, 0.15) is 6.61 Å². The highest BCUT2D eigenvalue weighted by molar-refractivity contribution is 6.30. The lowest BCUT2D eigenvalue weighted by atomic mass is 10.2. The van der Waals surface area contributed by atoms with Crippen molar-refractivity contribution in [1.29, 1.82) is 0 Å². The molecule has 0 aliphatic carbocycles. The summed E-state index contributed by atoms with van der Waals surface area (Å²) in [5.41, 5.74) is 3.36. The van der Waals surface area contributed by atoms with E-state index in [-0.39, 0.29) is 0 Å². The smallest absolute Gasteiger partial charge is 0.161 e. The van der Waals surface area contributed by atoms with Crippen LogP contribution in [0.5, 0.6) is 11.5 Å². The Morgan fingerprint density at radius 1 is 0.889 bits per heavy atom. The van der Waals surface area contributed by atoms with Crippen LogP contribution in [-0.2, 0) is 19.7 Å². The predicted molar refractivity (Wildman–Crippen MR) is 108 cm³/mol. The molecular weight excluding hydrogens is 360 g/mol. The van der Waals surface area contributed by atoms with Crippen molar-refractivity contribution in [2.45, 2.75) is 26.6 Å². The van der Waals surface area contributed by atoms with Gasteiger partial charge in [0.15, 0.2) is 11.5 Å². The highest BCUT2D eigenvalue weighted by atomic mass is 35.5. The zero-order valence-electron chi connectivity index (χ0n) is 15.3. The fourth-order valence-electron chi connectivity index (χ4n) is 2.65. The molecule has 2 aromatic carbocycles. The maximum absolute atomic E-state index is 5.95. The molecule has 3 aromatic rings. The van der Waals surface area contributed by atoms with Crippen molar-refractivity contribution in [3.05, 3.63) is 88.7 Å². The van der Waals surface area contributed by atoms with E-state index in [0.717, 1.165) is 46.3 Å². The number of halogens is 1. The van der Waals surface area contributed by atoms with Gasteiger partial charge in [-0.1, -0.05) is 35.9 Å². The first-order chi connectivity index (χ1) is 13.2. The van der Waals surface area contributed by atoms with Gasteiger partial charge in [-0.3, -0.25) is 4.98 Å².